The maximum Gasteiger partial charge on any atom is 0.310 e. The minimum atomic E-state index is -0.795. The van der Waals surface area contributed by atoms with Crippen molar-refractivity contribution in [3.8, 4) is 0 Å². The summed E-state index contributed by atoms with van der Waals surface area (Å²) < 4.78 is 0. The summed E-state index contributed by atoms with van der Waals surface area (Å²) in [5.41, 5.74) is 5.59. The molecule has 2 aromatic rings. The summed E-state index contributed by atoms with van der Waals surface area (Å²) in [4.78, 5) is 11.0. The van der Waals surface area contributed by atoms with E-state index in [2.05, 4.69) is 37.4 Å². The van der Waals surface area contributed by atoms with E-state index in [1.165, 1.54) is 16.8 Å². The molecule has 0 spiro atoms. The summed E-state index contributed by atoms with van der Waals surface area (Å²) in [6, 6.07) is 14.0. The van der Waals surface area contributed by atoms with Gasteiger partial charge in [0, 0.05) is 12.2 Å². The molecule has 3 nitrogen and oxygen atoms in total. The van der Waals surface area contributed by atoms with Crippen LogP contribution in [0.15, 0.2) is 42.5 Å². The van der Waals surface area contributed by atoms with E-state index in [4.69, 9.17) is 5.11 Å². The summed E-state index contributed by atoms with van der Waals surface area (Å²) in [6.45, 7) is 6.61. The van der Waals surface area contributed by atoms with Crippen LogP contribution in [0.1, 0.15) is 35.1 Å². The second-order valence-corrected chi connectivity index (χ2v) is 5.42. The molecule has 0 amide bonds. The molecule has 110 valence electrons. The normalized spacial score (nSPS) is 12.0. The van der Waals surface area contributed by atoms with E-state index in [0.717, 1.165) is 17.7 Å². The molecule has 1 unspecified atom stereocenters. The van der Waals surface area contributed by atoms with Crippen molar-refractivity contribution in [2.24, 2.45) is 0 Å². The van der Waals surface area contributed by atoms with E-state index in [1.54, 1.807) is 6.92 Å². The van der Waals surface area contributed by atoms with E-state index in [0.29, 0.717) is 0 Å². The van der Waals surface area contributed by atoms with Crippen LogP contribution in [-0.4, -0.2) is 11.1 Å². The van der Waals surface area contributed by atoms with Gasteiger partial charge >= 0.3 is 5.97 Å². The highest BCUT2D eigenvalue weighted by atomic mass is 16.4. The second kappa shape index (κ2) is 6.44. The Kier molecular flexibility index (Phi) is 4.63. The Bertz CT molecular complexity index is 612. The number of carboxylic acid groups (broad SMARTS) is 1. The molecule has 0 aliphatic heterocycles. The van der Waals surface area contributed by atoms with Crippen molar-refractivity contribution >= 4 is 11.7 Å². The van der Waals surface area contributed by atoms with Crippen molar-refractivity contribution in [3.05, 3.63) is 64.7 Å². The number of carboxylic acids is 1. The number of rotatable bonds is 5. The number of hydrogen-bond donors (Lipinski definition) is 2. The Morgan fingerprint density at radius 2 is 1.67 bits per heavy atom. The number of aryl methyl sites for hydroxylation is 2. The first kappa shape index (κ1) is 15.1. The lowest BCUT2D eigenvalue weighted by molar-refractivity contribution is -0.138. The lowest BCUT2D eigenvalue weighted by atomic mass is 10.00. The third kappa shape index (κ3) is 3.63. The van der Waals surface area contributed by atoms with Gasteiger partial charge < -0.3 is 10.4 Å². The van der Waals surface area contributed by atoms with Crippen LogP contribution in [0.2, 0.25) is 0 Å². The molecule has 1 atom stereocenters. The number of carbonyl (C=O) groups is 1. The van der Waals surface area contributed by atoms with Gasteiger partial charge in [0.15, 0.2) is 0 Å². The summed E-state index contributed by atoms with van der Waals surface area (Å²) >= 11 is 0. The molecule has 2 N–H and O–H groups in total. The SMILES string of the molecule is Cc1cccc(C)c1NCc1ccc(C(C)C(=O)O)cc1. The fourth-order valence-electron chi connectivity index (χ4n) is 2.35. The van der Waals surface area contributed by atoms with E-state index >= 15 is 0 Å². The monoisotopic (exact) mass is 283 g/mol. The van der Waals surface area contributed by atoms with Crippen LogP contribution in [0.3, 0.4) is 0 Å². The minimum Gasteiger partial charge on any atom is -0.481 e. The highest BCUT2D eigenvalue weighted by Crippen LogP contribution is 2.21. The van der Waals surface area contributed by atoms with Crippen LogP contribution in [0.5, 0.6) is 0 Å². The molecule has 0 aliphatic carbocycles. The maximum atomic E-state index is 11.0. The number of para-hydroxylation sites is 1. The van der Waals surface area contributed by atoms with Crippen LogP contribution >= 0.6 is 0 Å². The van der Waals surface area contributed by atoms with Crippen LogP contribution < -0.4 is 5.32 Å². The van der Waals surface area contributed by atoms with E-state index in [9.17, 15) is 4.79 Å². The molecule has 0 fully saturated rings. The Hall–Kier alpha value is -2.29. The van der Waals surface area contributed by atoms with Crippen LogP contribution in [0, 0.1) is 13.8 Å². The molecule has 0 saturated carbocycles. The summed E-state index contributed by atoms with van der Waals surface area (Å²) in [5, 5.41) is 12.5. The van der Waals surface area contributed by atoms with Crippen molar-refractivity contribution in [1.29, 1.82) is 0 Å². The quantitative estimate of drug-likeness (QED) is 0.868. The average molecular weight is 283 g/mol. The third-order valence-electron chi connectivity index (χ3n) is 3.80. The van der Waals surface area contributed by atoms with Gasteiger partial charge in [-0.2, -0.15) is 0 Å². The highest BCUT2D eigenvalue weighted by Gasteiger charge is 2.12. The lowest BCUT2D eigenvalue weighted by Crippen LogP contribution is -2.08. The maximum absolute atomic E-state index is 11.0. The molecule has 0 saturated heterocycles. The van der Waals surface area contributed by atoms with Gasteiger partial charge in [0.25, 0.3) is 0 Å². The van der Waals surface area contributed by atoms with Crippen molar-refractivity contribution in [2.75, 3.05) is 5.32 Å². The van der Waals surface area contributed by atoms with Crippen molar-refractivity contribution in [3.63, 3.8) is 0 Å². The van der Waals surface area contributed by atoms with Gasteiger partial charge in [0.2, 0.25) is 0 Å². The Morgan fingerprint density at radius 1 is 1.10 bits per heavy atom. The molecular formula is C18H21NO2. The van der Waals surface area contributed by atoms with Gasteiger partial charge in [-0.15, -0.1) is 0 Å². The van der Waals surface area contributed by atoms with Gasteiger partial charge in [0.05, 0.1) is 5.92 Å². The van der Waals surface area contributed by atoms with E-state index in [-0.39, 0.29) is 0 Å². The molecule has 2 aromatic carbocycles. The topological polar surface area (TPSA) is 49.3 Å². The van der Waals surface area contributed by atoms with Crippen molar-refractivity contribution in [1.82, 2.24) is 0 Å². The lowest BCUT2D eigenvalue weighted by Gasteiger charge is -2.13. The second-order valence-electron chi connectivity index (χ2n) is 5.42. The molecule has 0 aliphatic rings. The smallest absolute Gasteiger partial charge is 0.310 e. The summed E-state index contributed by atoms with van der Waals surface area (Å²) in [6.07, 6.45) is 0. The molecule has 0 bridgehead atoms. The largest absolute Gasteiger partial charge is 0.481 e. The van der Waals surface area contributed by atoms with Gasteiger partial charge in [0.1, 0.15) is 0 Å². The number of hydrogen-bond acceptors (Lipinski definition) is 2. The van der Waals surface area contributed by atoms with Crippen molar-refractivity contribution in [2.45, 2.75) is 33.2 Å². The molecule has 0 heterocycles. The Labute approximate surface area is 125 Å². The van der Waals surface area contributed by atoms with Gasteiger partial charge in [-0.1, -0.05) is 42.5 Å². The molecular weight excluding hydrogens is 262 g/mol. The molecule has 0 radical (unpaired) electrons. The van der Waals surface area contributed by atoms with Crippen molar-refractivity contribution < 1.29 is 9.90 Å². The number of aliphatic carboxylic acids is 1. The first-order chi connectivity index (χ1) is 9.99. The fraction of sp³-hybridized carbons (Fsp3) is 0.278. The molecule has 0 aromatic heterocycles. The van der Waals surface area contributed by atoms with Crippen LogP contribution in [0.4, 0.5) is 5.69 Å². The highest BCUT2D eigenvalue weighted by molar-refractivity contribution is 5.75. The number of benzene rings is 2. The number of nitrogens with one attached hydrogen (secondary N) is 1. The molecule has 3 heteroatoms. The van der Waals surface area contributed by atoms with Gasteiger partial charge in [-0.25, -0.2) is 0 Å². The zero-order valence-corrected chi connectivity index (χ0v) is 12.7. The Morgan fingerprint density at radius 3 is 2.19 bits per heavy atom. The van der Waals surface area contributed by atoms with Crippen LogP contribution in [0.25, 0.3) is 0 Å². The standard InChI is InChI=1S/C18H21NO2/c1-12-5-4-6-13(2)17(12)19-11-15-7-9-16(10-8-15)14(3)18(20)21/h4-10,14,19H,11H2,1-3H3,(H,20,21). The third-order valence-corrected chi connectivity index (χ3v) is 3.80. The van der Waals surface area contributed by atoms with Crippen LogP contribution in [-0.2, 0) is 11.3 Å². The minimum absolute atomic E-state index is 0.467. The van der Waals surface area contributed by atoms with E-state index in [1.807, 2.05) is 24.3 Å². The molecule has 2 rings (SSSR count). The summed E-state index contributed by atoms with van der Waals surface area (Å²) in [5.74, 6) is -1.26. The Balaban J connectivity index is 2.06. The van der Waals surface area contributed by atoms with Gasteiger partial charge in [-0.05, 0) is 43.0 Å². The number of anilines is 1. The fourth-order valence-corrected chi connectivity index (χ4v) is 2.35. The first-order valence-corrected chi connectivity index (χ1v) is 7.10. The zero-order chi connectivity index (χ0) is 15.4. The first-order valence-electron chi connectivity index (χ1n) is 7.10. The summed E-state index contributed by atoms with van der Waals surface area (Å²) in [7, 11) is 0. The van der Waals surface area contributed by atoms with E-state index < -0.39 is 11.9 Å². The zero-order valence-electron chi connectivity index (χ0n) is 12.7. The predicted molar refractivity (Wildman–Crippen MR) is 85.7 cm³/mol. The van der Waals surface area contributed by atoms with Gasteiger partial charge in [-0.3, -0.25) is 4.79 Å². The predicted octanol–water partition coefficient (Wildman–Crippen LogP) is 4.10. The average Bonchev–Trinajstić information content (AvgIpc) is 2.46. The molecule has 21 heavy (non-hydrogen) atoms.